The van der Waals surface area contributed by atoms with Crippen molar-refractivity contribution in [3.63, 3.8) is 0 Å². The van der Waals surface area contributed by atoms with Gasteiger partial charge in [-0.15, -0.1) is 0 Å². The number of unbranched alkanes of at least 4 members (excludes halogenated alkanes) is 2. The molecule has 1 nitrogen and oxygen atoms in total. The molecule has 0 amide bonds. The Kier molecular flexibility index (Phi) is 6.34. The highest BCUT2D eigenvalue weighted by atomic mass is 79.9. The van der Waals surface area contributed by atoms with Crippen molar-refractivity contribution in [1.82, 2.24) is 0 Å². The predicted molar refractivity (Wildman–Crippen MR) is 72.0 cm³/mol. The maximum Gasteiger partial charge on any atom is 0.122 e. The van der Waals surface area contributed by atoms with Crippen molar-refractivity contribution in [3.8, 4) is 5.75 Å². The molecule has 0 aliphatic carbocycles. The third kappa shape index (κ3) is 5.03. The molecule has 0 aliphatic rings. The fourth-order valence-corrected chi connectivity index (χ4v) is 2.20. The van der Waals surface area contributed by atoms with E-state index in [1.807, 2.05) is 12.1 Å². The van der Waals surface area contributed by atoms with Crippen LogP contribution in [0.1, 0.15) is 24.8 Å². The monoisotopic (exact) mass is 334 g/mol. The summed E-state index contributed by atoms with van der Waals surface area (Å²) in [5, 5.41) is 1.09. The van der Waals surface area contributed by atoms with Crippen LogP contribution >= 0.6 is 31.9 Å². The molecule has 15 heavy (non-hydrogen) atoms. The lowest BCUT2D eigenvalue weighted by atomic mass is 10.2. The highest BCUT2D eigenvalue weighted by molar-refractivity contribution is 9.10. The number of benzene rings is 1. The molecule has 0 saturated heterocycles. The van der Waals surface area contributed by atoms with Crippen molar-refractivity contribution in [2.45, 2.75) is 26.2 Å². The molecule has 0 spiro atoms. The van der Waals surface area contributed by atoms with E-state index in [4.69, 9.17) is 4.74 Å². The summed E-state index contributed by atoms with van der Waals surface area (Å²) in [6.45, 7) is 2.88. The Hall–Kier alpha value is -0.0200. The lowest BCUT2D eigenvalue weighted by Gasteiger charge is -2.08. The van der Waals surface area contributed by atoms with Crippen LogP contribution in [0.15, 0.2) is 22.7 Å². The molecule has 0 radical (unpaired) electrons. The first-order valence-corrected chi connectivity index (χ1v) is 7.10. The van der Waals surface area contributed by atoms with Gasteiger partial charge in [-0.3, -0.25) is 0 Å². The molecular weight excluding hydrogens is 320 g/mol. The van der Waals surface area contributed by atoms with Gasteiger partial charge in [0.25, 0.3) is 0 Å². The van der Waals surface area contributed by atoms with Crippen molar-refractivity contribution < 1.29 is 4.74 Å². The molecule has 0 fully saturated rings. The molecule has 0 bridgehead atoms. The average Bonchev–Trinajstić information content (AvgIpc) is 2.20. The molecule has 1 rings (SSSR count). The SMILES string of the molecule is Cc1cc(Br)ccc1OCCCCCBr. The van der Waals surface area contributed by atoms with Crippen LogP contribution in [0.3, 0.4) is 0 Å². The lowest BCUT2D eigenvalue weighted by Crippen LogP contribution is -1.98. The predicted octanol–water partition coefficient (Wildman–Crippen LogP) is 4.70. The van der Waals surface area contributed by atoms with Gasteiger partial charge in [-0.25, -0.2) is 0 Å². The lowest BCUT2D eigenvalue weighted by molar-refractivity contribution is 0.304. The number of aryl methyl sites for hydroxylation is 1. The summed E-state index contributed by atoms with van der Waals surface area (Å²) in [4.78, 5) is 0. The minimum absolute atomic E-state index is 0.815. The van der Waals surface area contributed by atoms with E-state index in [0.717, 1.165) is 28.6 Å². The van der Waals surface area contributed by atoms with Crippen LogP contribution in [0.4, 0.5) is 0 Å². The van der Waals surface area contributed by atoms with Crippen molar-refractivity contribution in [3.05, 3.63) is 28.2 Å². The van der Waals surface area contributed by atoms with Gasteiger partial charge < -0.3 is 4.74 Å². The third-order valence-corrected chi connectivity index (χ3v) is 3.23. The second kappa shape index (κ2) is 7.29. The summed E-state index contributed by atoms with van der Waals surface area (Å²) < 4.78 is 6.81. The molecule has 0 aliphatic heterocycles. The van der Waals surface area contributed by atoms with Gasteiger partial charge in [-0.05, 0) is 49.9 Å². The van der Waals surface area contributed by atoms with Gasteiger partial charge in [0.05, 0.1) is 6.61 Å². The van der Waals surface area contributed by atoms with E-state index in [9.17, 15) is 0 Å². The number of ether oxygens (including phenoxy) is 1. The van der Waals surface area contributed by atoms with Crippen LogP contribution < -0.4 is 4.74 Å². The Balaban J connectivity index is 2.31. The largest absolute Gasteiger partial charge is 0.493 e. The first kappa shape index (κ1) is 13.0. The fraction of sp³-hybridized carbons (Fsp3) is 0.500. The van der Waals surface area contributed by atoms with Crippen LogP contribution in [0.5, 0.6) is 5.75 Å². The summed E-state index contributed by atoms with van der Waals surface area (Å²) in [6, 6.07) is 6.11. The van der Waals surface area contributed by atoms with Gasteiger partial charge in [-0.2, -0.15) is 0 Å². The Labute approximate surface area is 108 Å². The first-order chi connectivity index (χ1) is 7.24. The molecule has 3 heteroatoms. The molecule has 0 N–H and O–H groups in total. The van der Waals surface area contributed by atoms with Gasteiger partial charge in [0.2, 0.25) is 0 Å². The summed E-state index contributed by atoms with van der Waals surface area (Å²) in [7, 11) is 0. The van der Waals surface area contributed by atoms with Crippen molar-refractivity contribution in [1.29, 1.82) is 0 Å². The molecule has 0 aromatic heterocycles. The zero-order chi connectivity index (χ0) is 11.1. The quantitative estimate of drug-likeness (QED) is 0.540. The van der Waals surface area contributed by atoms with E-state index in [1.54, 1.807) is 0 Å². The van der Waals surface area contributed by atoms with Crippen LogP contribution in [0.2, 0.25) is 0 Å². The number of hydrogen-bond donors (Lipinski definition) is 0. The fourth-order valence-electron chi connectivity index (χ4n) is 1.33. The van der Waals surface area contributed by atoms with E-state index in [-0.39, 0.29) is 0 Å². The van der Waals surface area contributed by atoms with Gasteiger partial charge in [0, 0.05) is 9.80 Å². The summed E-state index contributed by atoms with van der Waals surface area (Å²) in [5.41, 5.74) is 1.19. The van der Waals surface area contributed by atoms with Gasteiger partial charge in [-0.1, -0.05) is 31.9 Å². The second-order valence-electron chi connectivity index (χ2n) is 3.51. The first-order valence-electron chi connectivity index (χ1n) is 5.19. The molecule has 84 valence electrons. The Morgan fingerprint density at radius 1 is 1.20 bits per heavy atom. The zero-order valence-electron chi connectivity index (χ0n) is 8.93. The molecule has 0 atom stereocenters. The maximum atomic E-state index is 5.70. The van der Waals surface area contributed by atoms with E-state index >= 15 is 0 Å². The average molecular weight is 336 g/mol. The van der Waals surface area contributed by atoms with Crippen LogP contribution in [-0.2, 0) is 0 Å². The van der Waals surface area contributed by atoms with Gasteiger partial charge in [0.1, 0.15) is 5.75 Å². The van der Waals surface area contributed by atoms with E-state index in [2.05, 4.69) is 44.8 Å². The van der Waals surface area contributed by atoms with Crippen molar-refractivity contribution in [2.75, 3.05) is 11.9 Å². The molecule has 1 aromatic carbocycles. The Bertz CT molecular complexity index is 300. The van der Waals surface area contributed by atoms with Crippen molar-refractivity contribution in [2.24, 2.45) is 0 Å². The third-order valence-electron chi connectivity index (χ3n) is 2.17. The number of hydrogen-bond acceptors (Lipinski definition) is 1. The molecular formula is C12H16Br2O. The number of alkyl halides is 1. The molecule has 0 unspecified atom stereocenters. The number of rotatable bonds is 6. The molecule has 0 heterocycles. The topological polar surface area (TPSA) is 9.23 Å². The highest BCUT2D eigenvalue weighted by Gasteiger charge is 1.99. The standard InChI is InChI=1S/C12H16Br2O/c1-10-9-11(14)5-6-12(10)15-8-4-2-3-7-13/h5-6,9H,2-4,7-8H2,1H3. The van der Waals surface area contributed by atoms with Crippen molar-refractivity contribution >= 4 is 31.9 Å². The van der Waals surface area contributed by atoms with E-state index in [1.165, 1.54) is 18.4 Å². The minimum atomic E-state index is 0.815. The second-order valence-corrected chi connectivity index (χ2v) is 5.22. The molecule has 0 saturated carbocycles. The maximum absolute atomic E-state index is 5.70. The van der Waals surface area contributed by atoms with Crippen LogP contribution in [-0.4, -0.2) is 11.9 Å². The minimum Gasteiger partial charge on any atom is -0.493 e. The zero-order valence-corrected chi connectivity index (χ0v) is 12.1. The van der Waals surface area contributed by atoms with Gasteiger partial charge >= 0.3 is 0 Å². The Morgan fingerprint density at radius 3 is 2.67 bits per heavy atom. The van der Waals surface area contributed by atoms with Crippen LogP contribution in [0.25, 0.3) is 0 Å². The van der Waals surface area contributed by atoms with Gasteiger partial charge in [0.15, 0.2) is 0 Å². The van der Waals surface area contributed by atoms with E-state index in [0.29, 0.717) is 0 Å². The summed E-state index contributed by atoms with van der Waals surface area (Å²) in [6.07, 6.45) is 3.57. The normalized spacial score (nSPS) is 10.3. The number of halogens is 2. The molecule has 1 aromatic rings. The Morgan fingerprint density at radius 2 is 2.00 bits per heavy atom. The smallest absolute Gasteiger partial charge is 0.122 e. The van der Waals surface area contributed by atoms with Crippen LogP contribution in [0, 0.1) is 6.92 Å². The highest BCUT2D eigenvalue weighted by Crippen LogP contribution is 2.22. The van der Waals surface area contributed by atoms with E-state index < -0.39 is 0 Å². The summed E-state index contributed by atoms with van der Waals surface area (Å²) in [5.74, 6) is 0.997. The summed E-state index contributed by atoms with van der Waals surface area (Å²) >= 11 is 6.86.